The Labute approximate surface area is 233 Å². The van der Waals surface area contributed by atoms with Gasteiger partial charge in [0.05, 0.1) is 46.0 Å². The number of alkyl halides is 3. The number of pyridine rings is 1. The Balaban J connectivity index is 1.60. The lowest BCUT2D eigenvalue weighted by molar-refractivity contribution is -0.168. The van der Waals surface area contributed by atoms with Gasteiger partial charge in [-0.25, -0.2) is 33.3 Å². The van der Waals surface area contributed by atoms with Crippen molar-refractivity contribution >= 4 is 26.8 Å². The standard InChI is InChI=1S/C26H27F3N8O3S/c1-4-19(26(27,28)29)37-24-18(12-32-22(36-24)20-14(3)33-13-34-21(20)15-6-7-15)35-23(25(37)38)31-10-16-8-9-17(11-30-16)41(39,40)5-2/h8-9,11-13,15,19H,4-7,10H2,1-3H3,(H,31,35). The molecule has 15 heteroatoms. The third-order valence-corrected chi connectivity index (χ3v) is 8.66. The second kappa shape index (κ2) is 10.8. The van der Waals surface area contributed by atoms with Gasteiger partial charge in [-0.15, -0.1) is 0 Å². The minimum atomic E-state index is -4.75. The molecule has 216 valence electrons. The minimum Gasteiger partial charge on any atom is -0.360 e. The van der Waals surface area contributed by atoms with Gasteiger partial charge in [-0.05, 0) is 38.3 Å². The molecule has 1 N–H and O–H groups in total. The fourth-order valence-corrected chi connectivity index (χ4v) is 5.38. The summed E-state index contributed by atoms with van der Waals surface area (Å²) in [5.74, 6) is -0.119. The number of hydrogen-bond acceptors (Lipinski definition) is 10. The number of hydrogen-bond donors (Lipinski definition) is 1. The molecule has 1 aliphatic carbocycles. The number of rotatable bonds is 9. The highest BCUT2D eigenvalue weighted by Crippen LogP contribution is 2.43. The van der Waals surface area contributed by atoms with E-state index in [1.165, 1.54) is 44.7 Å². The normalized spacial score (nSPS) is 14.8. The number of nitrogens with zero attached hydrogens (tertiary/aromatic N) is 7. The Kier molecular flexibility index (Phi) is 7.48. The van der Waals surface area contributed by atoms with Crippen LogP contribution < -0.4 is 10.9 Å². The van der Waals surface area contributed by atoms with Crippen LogP contribution >= 0.6 is 0 Å². The Morgan fingerprint density at radius 1 is 1.07 bits per heavy atom. The van der Waals surface area contributed by atoms with Gasteiger partial charge in [0, 0.05) is 12.1 Å². The smallest absolute Gasteiger partial charge is 0.360 e. The van der Waals surface area contributed by atoms with Crippen LogP contribution in [0.3, 0.4) is 0 Å². The van der Waals surface area contributed by atoms with Gasteiger partial charge in [-0.2, -0.15) is 13.2 Å². The molecule has 4 heterocycles. The summed E-state index contributed by atoms with van der Waals surface area (Å²) < 4.78 is 67.3. The zero-order chi connectivity index (χ0) is 29.5. The van der Waals surface area contributed by atoms with Crippen LogP contribution in [-0.4, -0.2) is 54.8 Å². The molecule has 0 amide bonds. The zero-order valence-corrected chi connectivity index (χ0v) is 23.3. The molecule has 0 spiro atoms. The van der Waals surface area contributed by atoms with Gasteiger partial charge in [0.1, 0.15) is 17.9 Å². The summed E-state index contributed by atoms with van der Waals surface area (Å²) in [5, 5.41) is 2.75. The molecule has 0 aliphatic heterocycles. The highest BCUT2D eigenvalue weighted by molar-refractivity contribution is 7.91. The molecule has 11 nitrogen and oxygen atoms in total. The summed E-state index contributed by atoms with van der Waals surface area (Å²) in [4.78, 5) is 39.3. The topological polar surface area (TPSA) is 146 Å². The van der Waals surface area contributed by atoms with E-state index in [9.17, 15) is 26.4 Å². The third-order valence-electron chi connectivity index (χ3n) is 6.94. The maximum Gasteiger partial charge on any atom is 0.409 e. The highest BCUT2D eigenvalue weighted by Gasteiger charge is 2.42. The molecule has 0 aromatic carbocycles. The molecule has 1 saturated carbocycles. The van der Waals surface area contributed by atoms with Crippen LogP contribution in [0, 0.1) is 6.92 Å². The molecule has 4 aromatic heterocycles. The Morgan fingerprint density at radius 2 is 1.83 bits per heavy atom. The number of anilines is 1. The van der Waals surface area contributed by atoms with Crippen LogP contribution in [0.2, 0.25) is 0 Å². The molecule has 0 saturated heterocycles. The molecular weight excluding hydrogens is 561 g/mol. The molecule has 0 bridgehead atoms. The van der Waals surface area contributed by atoms with E-state index < -0.39 is 34.0 Å². The Hall–Kier alpha value is -4.01. The second-order valence-corrected chi connectivity index (χ2v) is 12.0. The fraction of sp³-hybridized carbons (Fsp3) is 0.423. The molecular formula is C26H27F3N8O3S. The summed E-state index contributed by atoms with van der Waals surface area (Å²) >= 11 is 0. The average molecular weight is 589 g/mol. The van der Waals surface area contributed by atoms with Crippen molar-refractivity contribution in [3.63, 3.8) is 0 Å². The molecule has 1 aliphatic rings. The quantitative estimate of drug-likeness (QED) is 0.303. The summed E-state index contributed by atoms with van der Waals surface area (Å²) in [6.45, 7) is 4.51. The van der Waals surface area contributed by atoms with Crippen molar-refractivity contribution in [1.29, 1.82) is 0 Å². The predicted octanol–water partition coefficient (Wildman–Crippen LogP) is 4.14. The van der Waals surface area contributed by atoms with Gasteiger partial charge in [0.25, 0.3) is 5.56 Å². The average Bonchev–Trinajstić information content (AvgIpc) is 3.78. The number of sulfone groups is 1. The predicted molar refractivity (Wildman–Crippen MR) is 144 cm³/mol. The fourth-order valence-electron chi connectivity index (χ4n) is 4.56. The van der Waals surface area contributed by atoms with Crippen molar-refractivity contribution < 1.29 is 21.6 Å². The van der Waals surface area contributed by atoms with Crippen molar-refractivity contribution in [3.05, 3.63) is 58.3 Å². The van der Waals surface area contributed by atoms with E-state index in [-0.39, 0.29) is 45.9 Å². The van der Waals surface area contributed by atoms with Gasteiger partial charge in [-0.1, -0.05) is 13.8 Å². The SMILES string of the molecule is CCC(n1c(=O)c(NCc2ccc(S(=O)(=O)CC)cn2)nc2cnc(-c3c(C)ncnc3C3CC3)nc21)C(F)(F)F. The number of nitrogens with one attached hydrogen (secondary N) is 1. The second-order valence-electron chi connectivity index (χ2n) is 9.74. The molecule has 41 heavy (non-hydrogen) atoms. The summed E-state index contributed by atoms with van der Waals surface area (Å²) in [6.07, 6.45) is 0.601. The molecule has 1 fully saturated rings. The first-order chi connectivity index (χ1) is 19.4. The molecule has 5 rings (SSSR count). The Morgan fingerprint density at radius 3 is 2.44 bits per heavy atom. The van der Waals surface area contributed by atoms with Crippen molar-refractivity contribution in [2.45, 2.75) is 69.6 Å². The summed E-state index contributed by atoms with van der Waals surface area (Å²) in [6, 6.07) is 0.666. The van der Waals surface area contributed by atoms with Crippen molar-refractivity contribution in [2.75, 3.05) is 11.1 Å². The van der Waals surface area contributed by atoms with E-state index in [1.807, 2.05) is 0 Å². The summed E-state index contributed by atoms with van der Waals surface area (Å²) in [7, 11) is -3.45. The van der Waals surface area contributed by atoms with E-state index >= 15 is 0 Å². The zero-order valence-electron chi connectivity index (χ0n) is 22.5. The van der Waals surface area contributed by atoms with E-state index in [1.54, 1.807) is 6.92 Å². The van der Waals surface area contributed by atoms with Crippen LogP contribution in [0.1, 0.15) is 62.2 Å². The van der Waals surface area contributed by atoms with Gasteiger partial charge >= 0.3 is 6.18 Å². The first-order valence-electron chi connectivity index (χ1n) is 13.0. The van der Waals surface area contributed by atoms with Crippen LogP contribution in [0.5, 0.6) is 0 Å². The maximum atomic E-state index is 14.2. The third kappa shape index (κ3) is 5.62. The minimum absolute atomic E-state index is 0.0154. The first kappa shape index (κ1) is 28.5. The van der Waals surface area contributed by atoms with Crippen LogP contribution in [0.25, 0.3) is 22.6 Å². The van der Waals surface area contributed by atoms with Gasteiger partial charge < -0.3 is 5.32 Å². The molecule has 1 unspecified atom stereocenters. The van der Waals surface area contributed by atoms with Crippen LogP contribution in [0.4, 0.5) is 19.0 Å². The van der Waals surface area contributed by atoms with Crippen molar-refractivity contribution in [3.8, 4) is 11.4 Å². The van der Waals surface area contributed by atoms with Crippen LogP contribution in [0.15, 0.2) is 40.5 Å². The van der Waals surface area contributed by atoms with Crippen molar-refractivity contribution in [2.24, 2.45) is 0 Å². The van der Waals surface area contributed by atoms with Crippen molar-refractivity contribution in [1.82, 2.24) is 34.5 Å². The number of aryl methyl sites for hydroxylation is 1. The number of halogens is 3. The van der Waals surface area contributed by atoms with E-state index in [0.717, 1.165) is 18.5 Å². The lowest BCUT2D eigenvalue weighted by atomic mass is 10.1. The van der Waals surface area contributed by atoms with E-state index in [0.29, 0.717) is 21.5 Å². The lowest BCUT2D eigenvalue weighted by Gasteiger charge is -2.23. The highest BCUT2D eigenvalue weighted by atomic mass is 32.2. The Bertz CT molecular complexity index is 1770. The first-order valence-corrected chi connectivity index (χ1v) is 14.7. The lowest BCUT2D eigenvalue weighted by Crippen LogP contribution is -2.36. The number of aromatic nitrogens is 7. The summed E-state index contributed by atoms with van der Waals surface area (Å²) in [5.41, 5.74) is 0.914. The van der Waals surface area contributed by atoms with E-state index in [2.05, 4.69) is 35.2 Å². The van der Waals surface area contributed by atoms with Gasteiger partial charge in [0.2, 0.25) is 0 Å². The number of fused-ring (bicyclic) bond motifs is 1. The molecule has 4 aromatic rings. The monoisotopic (exact) mass is 588 g/mol. The maximum absolute atomic E-state index is 14.2. The molecule has 1 atom stereocenters. The largest absolute Gasteiger partial charge is 0.409 e. The van der Waals surface area contributed by atoms with Gasteiger partial charge in [-0.3, -0.25) is 14.3 Å². The van der Waals surface area contributed by atoms with Crippen LogP contribution in [-0.2, 0) is 16.4 Å². The molecule has 0 radical (unpaired) electrons. The van der Waals surface area contributed by atoms with Gasteiger partial charge in [0.15, 0.2) is 27.1 Å². The van der Waals surface area contributed by atoms with E-state index in [4.69, 9.17) is 0 Å².